The van der Waals surface area contributed by atoms with Crippen LogP contribution in [0.4, 0.5) is 0 Å². The average Bonchev–Trinajstić information content (AvgIpc) is 2.80. The summed E-state index contributed by atoms with van der Waals surface area (Å²) in [6, 6.07) is 10.3. The predicted octanol–water partition coefficient (Wildman–Crippen LogP) is 5.46. The second kappa shape index (κ2) is 16.6. The van der Waals surface area contributed by atoms with E-state index in [0.717, 1.165) is 39.0 Å². The fraction of sp³-hybridized carbons (Fsp3) is 0.621. The van der Waals surface area contributed by atoms with Crippen LogP contribution in [0.3, 0.4) is 0 Å². The summed E-state index contributed by atoms with van der Waals surface area (Å²) in [6.45, 7) is 16.6. The third-order valence-corrected chi connectivity index (χ3v) is 6.43. The van der Waals surface area contributed by atoms with Crippen molar-refractivity contribution in [2.75, 3.05) is 33.3 Å². The zero-order valence-electron chi connectivity index (χ0n) is 22.5. The summed E-state index contributed by atoms with van der Waals surface area (Å²) in [6.07, 6.45) is 7.50. The first-order valence-corrected chi connectivity index (χ1v) is 12.7. The first-order chi connectivity index (χ1) is 16.2. The van der Waals surface area contributed by atoms with Crippen molar-refractivity contribution in [3.05, 3.63) is 59.2 Å². The van der Waals surface area contributed by atoms with Gasteiger partial charge in [-0.2, -0.15) is 0 Å². The Morgan fingerprint density at radius 1 is 1.18 bits per heavy atom. The van der Waals surface area contributed by atoms with E-state index in [0.29, 0.717) is 24.9 Å². The molecule has 1 heterocycles. The molecule has 5 nitrogen and oxygen atoms in total. The molecular weight excluding hydrogens is 424 g/mol. The van der Waals surface area contributed by atoms with Crippen LogP contribution in [0.2, 0.25) is 0 Å². The van der Waals surface area contributed by atoms with Crippen LogP contribution in [0.5, 0.6) is 0 Å². The molecule has 0 fully saturated rings. The lowest BCUT2D eigenvalue weighted by Gasteiger charge is -2.31. The van der Waals surface area contributed by atoms with Crippen LogP contribution >= 0.6 is 0 Å². The maximum atomic E-state index is 10.9. The highest BCUT2D eigenvalue weighted by molar-refractivity contribution is 5.38. The summed E-state index contributed by atoms with van der Waals surface area (Å²) in [7, 11) is 1.88. The van der Waals surface area contributed by atoms with Gasteiger partial charge in [-0.05, 0) is 70.2 Å². The van der Waals surface area contributed by atoms with Crippen molar-refractivity contribution < 1.29 is 14.3 Å². The number of benzene rings is 1. The molecule has 1 aliphatic rings. The van der Waals surface area contributed by atoms with Gasteiger partial charge in [-0.1, -0.05) is 68.8 Å². The van der Waals surface area contributed by atoms with E-state index in [9.17, 15) is 4.79 Å². The number of aryl methyl sites for hydroxylation is 1. The highest BCUT2D eigenvalue weighted by Gasteiger charge is 2.28. The minimum absolute atomic E-state index is 0.147. The van der Waals surface area contributed by atoms with E-state index in [1.165, 1.54) is 16.7 Å². The first-order valence-electron chi connectivity index (χ1n) is 12.7. The standard InChI is InChI=1S/C22H40N2O3.C7H8/c1-7-22(15-23-6,27-16-25)8-9-24-13-21-11-17(2)10-18(3)14-26-20(5)19(4)12-21;1-7-5-3-2-4-6-7/h11-12,16-18,20,23-24H,7-10,13-15H2,1-6H3;2-6H,1H3/b19-12-,21-11+;. The predicted molar refractivity (Wildman–Crippen MR) is 143 cm³/mol. The summed E-state index contributed by atoms with van der Waals surface area (Å²) in [5.41, 5.74) is 3.44. The monoisotopic (exact) mass is 472 g/mol. The Bertz CT molecular complexity index is 747. The molecule has 0 saturated carbocycles. The lowest BCUT2D eigenvalue weighted by molar-refractivity contribution is -0.144. The molecule has 0 amide bonds. The minimum Gasteiger partial charge on any atom is -0.460 e. The van der Waals surface area contributed by atoms with Crippen molar-refractivity contribution in [2.45, 2.75) is 72.5 Å². The van der Waals surface area contributed by atoms with E-state index >= 15 is 0 Å². The quantitative estimate of drug-likeness (QED) is 0.350. The number of allylic oxidation sites excluding steroid dienone is 1. The van der Waals surface area contributed by atoms with Gasteiger partial charge in [0.2, 0.25) is 0 Å². The molecule has 0 bridgehead atoms. The largest absolute Gasteiger partial charge is 0.460 e. The number of rotatable bonds is 10. The van der Waals surface area contributed by atoms with Crippen LogP contribution in [-0.2, 0) is 14.3 Å². The summed E-state index contributed by atoms with van der Waals surface area (Å²) in [5, 5.41) is 6.67. The number of hydrogen-bond donors (Lipinski definition) is 2. The maximum absolute atomic E-state index is 10.9. The number of carbonyl (C=O) groups is 1. The summed E-state index contributed by atoms with van der Waals surface area (Å²) in [4.78, 5) is 10.9. The molecule has 2 rings (SSSR count). The molecule has 0 radical (unpaired) electrons. The zero-order valence-corrected chi connectivity index (χ0v) is 22.5. The summed E-state index contributed by atoms with van der Waals surface area (Å²) in [5.74, 6) is 1.08. The smallest absolute Gasteiger partial charge is 0.293 e. The van der Waals surface area contributed by atoms with Crippen molar-refractivity contribution in [2.24, 2.45) is 11.8 Å². The Hall–Kier alpha value is -1.95. The van der Waals surface area contributed by atoms with Crippen molar-refractivity contribution in [3.63, 3.8) is 0 Å². The van der Waals surface area contributed by atoms with Crippen LogP contribution in [0, 0.1) is 18.8 Å². The van der Waals surface area contributed by atoms with Crippen LogP contribution in [-0.4, -0.2) is 51.5 Å². The number of carbonyl (C=O) groups excluding carboxylic acids is 1. The Kier molecular flexibility index (Phi) is 14.7. The molecule has 1 aromatic rings. The van der Waals surface area contributed by atoms with Gasteiger partial charge < -0.3 is 20.1 Å². The van der Waals surface area contributed by atoms with Crippen molar-refractivity contribution in [1.82, 2.24) is 10.6 Å². The fourth-order valence-corrected chi connectivity index (χ4v) is 4.23. The average molecular weight is 473 g/mol. The van der Waals surface area contributed by atoms with Crippen LogP contribution in [0.1, 0.15) is 59.4 Å². The van der Waals surface area contributed by atoms with Gasteiger partial charge in [0, 0.05) is 26.1 Å². The van der Waals surface area contributed by atoms with E-state index in [1.54, 1.807) is 0 Å². The first kappa shape index (κ1) is 30.1. The Morgan fingerprint density at radius 3 is 2.44 bits per heavy atom. The summed E-state index contributed by atoms with van der Waals surface area (Å²) >= 11 is 0. The molecule has 0 aromatic heterocycles. The SMILES string of the molecule is CCC(CCNCC1=C/C(C)CC(C)COC(C)/C(C)=C\1)(CNC)OC=O.Cc1ccccc1. The van der Waals surface area contributed by atoms with E-state index in [2.05, 4.69) is 76.5 Å². The van der Waals surface area contributed by atoms with Gasteiger partial charge >= 0.3 is 0 Å². The normalized spacial score (nSPS) is 25.9. The Balaban J connectivity index is 0.000000700. The number of likely N-dealkylation sites (N-methyl/N-ethyl adjacent to an activating group) is 1. The second-order valence-electron chi connectivity index (χ2n) is 9.79. The van der Waals surface area contributed by atoms with Crippen LogP contribution in [0.15, 0.2) is 53.6 Å². The fourth-order valence-electron chi connectivity index (χ4n) is 4.23. The van der Waals surface area contributed by atoms with E-state index in [1.807, 2.05) is 25.2 Å². The highest BCUT2D eigenvalue weighted by atomic mass is 16.5. The number of ether oxygens (including phenoxy) is 2. The van der Waals surface area contributed by atoms with Crippen molar-refractivity contribution in [1.29, 1.82) is 0 Å². The van der Waals surface area contributed by atoms with Crippen molar-refractivity contribution in [3.8, 4) is 0 Å². The van der Waals surface area contributed by atoms with E-state index in [4.69, 9.17) is 9.47 Å². The van der Waals surface area contributed by atoms with Gasteiger partial charge in [-0.3, -0.25) is 4.79 Å². The Labute approximate surface area is 208 Å². The van der Waals surface area contributed by atoms with Gasteiger partial charge in [-0.15, -0.1) is 0 Å². The summed E-state index contributed by atoms with van der Waals surface area (Å²) < 4.78 is 11.4. The van der Waals surface area contributed by atoms with Gasteiger partial charge in [0.25, 0.3) is 6.47 Å². The molecule has 0 spiro atoms. The van der Waals surface area contributed by atoms with Crippen molar-refractivity contribution >= 4 is 6.47 Å². The van der Waals surface area contributed by atoms with E-state index < -0.39 is 5.60 Å². The van der Waals surface area contributed by atoms with E-state index in [-0.39, 0.29) is 6.10 Å². The molecule has 4 atom stereocenters. The maximum Gasteiger partial charge on any atom is 0.293 e. The molecule has 5 heteroatoms. The van der Waals surface area contributed by atoms with Gasteiger partial charge in [0.1, 0.15) is 5.60 Å². The topological polar surface area (TPSA) is 59.6 Å². The number of hydrogen-bond acceptors (Lipinski definition) is 5. The van der Waals surface area contributed by atoms with Crippen LogP contribution in [0.25, 0.3) is 0 Å². The zero-order chi connectivity index (χ0) is 25.4. The molecule has 1 aromatic carbocycles. The molecule has 0 saturated heterocycles. The number of nitrogens with one attached hydrogen (secondary N) is 2. The molecule has 192 valence electrons. The molecule has 1 aliphatic heterocycles. The molecular formula is C29H48N2O3. The van der Waals surface area contributed by atoms with Gasteiger partial charge in [0.15, 0.2) is 0 Å². The molecule has 0 aliphatic carbocycles. The second-order valence-corrected chi connectivity index (χ2v) is 9.79. The molecule has 4 unspecified atom stereocenters. The lowest BCUT2D eigenvalue weighted by atomic mass is 9.93. The third-order valence-electron chi connectivity index (χ3n) is 6.43. The third kappa shape index (κ3) is 12.0. The molecule has 2 N–H and O–H groups in total. The minimum atomic E-state index is -0.439. The lowest BCUT2D eigenvalue weighted by Crippen LogP contribution is -2.43. The Morgan fingerprint density at radius 2 is 1.88 bits per heavy atom. The molecule has 34 heavy (non-hydrogen) atoms. The van der Waals surface area contributed by atoms with Gasteiger partial charge in [0.05, 0.1) is 6.10 Å². The van der Waals surface area contributed by atoms with Gasteiger partial charge in [-0.25, -0.2) is 0 Å². The highest BCUT2D eigenvalue weighted by Crippen LogP contribution is 2.21. The van der Waals surface area contributed by atoms with Crippen LogP contribution < -0.4 is 10.6 Å².